The van der Waals surface area contributed by atoms with Crippen LogP contribution in [0.2, 0.25) is 5.15 Å². The number of anilines is 1. The van der Waals surface area contributed by atoms with Crippen molar-refractivity contribution in [3.8, 4) is 11.8 Å². The van der Waals surface area contributed by atoms with Crippen LogP contribution in [0.1, 0.15) is 24.1 Å². The molecule has 1 aromatic heterocycles. The highest BCUT2D eigenvalue weighted by molar-refractivity contribution is 6.29. The molecule has 1 aromatic carbocycles. The smallest absolute Gasteiger partial charge is 0.132 e. The fourth-order valence-electron chi connectivity index (χ4n) is 1.83. The van der Waals surface area contributed by atoms with Gasteiger partial charge in [-0.05, 0) is 36.8 Å². The number of methoxy groups -OCH3 is 1. The van der Waals surface area contributed by atoms with Gasteiger partial charge in [0.25, 0.3) is 0 Å². The SMILES string of the molecule is COc1ccc(C(C)Nc2cc(C#N)cc(Cl)n2)cc1. The molecule has 0 spiro atoms. The lowest BCUT2D eigenvalue weighted by Gasteiger charge is -2.15. The molecule has 4 nitrogen and oxygen atoms in total. The third-order valence-electron chi connectivity index (χ3n) is 2.90. The molecule has 0 saturated heterocycles. The number of hydrogen-bond acceptors (Lipinski definition) is 4. The lowest BCUT2D eigenvalue weighted by molar-refractivity contribution is 0.414. The summed E-state index contributed by atoms with van der Waals surface area (Å²) >= 11 is 5.88. The molecule has 102 valence electrons. The molecule has 2 rings (SSSR count). The van der Waals surface area contributed by atoms with Crippen LogP contribution in [-0.4, -0.2) is 12.1 Å². The normalized spacial score (nSPS) is 11.5. The second-order valence-corrected chi connectivity index (χ2v) is 4.70. The second-order valence-electron chi connectivity index (χ2n) is 4.31. The van der Waals surface area contributed by atoms with Crippen LogP contribution in [0.4, 0.5) is 5.82 Å². The van der Waals surface area contributed by atoms with Crippen molar-refractivity contribution >= 4 is 17.4 Å². The molecule has 0 aliphatic rings. The number of hydrogen-bond donors (Lipinski definition) is 1. The van der Waals surface area contributed by atoms with E-state index in [-0.39, 0.29) is 6.04 Å². The second kappa shape index (κ2) is 6.27. The third kappa shape index (κ3) is 3.40. The number of rotatable bonds is 4. The first-order valence-electron chi connectivity index (χ1n) is 6.10. The van der Waals surface area contributed by atoms with Gasteiger partial charge in [0.1, 0.15) is 16.7 Å². The number of nitrogens with zero attached hydrogens (tertiary/aromatic N) is 2. The number of nitriles is 1. The number of ether oxygens (including phenoxy) is 1. The Morgan fingerprint density at radius 2 is 2.00 bits per heavy atom. The Morgan fingerprint density at radius 3 is 2.60 bits per heavy atom. The van der Waals surface area contributed by atoms with Gasteiger partial charge in [-0.25, -0.2) is 4.98 Å². The van der Waals surface area contributed by atoms with E-state index in [1.807, 2.05) is 31.2 Å². The van der Waals surface area contributed by atoms with Crippen molar-refractivity contribution in [3.63, 3.8) is 0 Å². The maximum absolute atomic E-state index is 8.92. The highest BCUT2D eigenvalue weighted by atomic mass is 35.5. The standard InChI is InChI=1S/C15H14ClN3O/c1-10(12-3-5-13(20-2)6-4-12)18-15-8-11(9-17)7-14(16)19-15/h3-8,10H,1-2H3,(H,18,19). The quantitative estimate of drug-likeness (QED) is 0.869. The molecule has 0 amide bonds. The Morgan fingerprint density at radius 1 is 1.30 bits per heavy atom. The Bertz CT molecular complexity index is 635. The first kappa shape index (κ1) is 14.2. The fraction of sp³-hybridized carbons (Fsp3) is 0.200. The lowest BCUT2D eigenvalue weighted by atomic mass is 10.1. The topological polar surface area (TPSA) is 57.9 Å². The molecular weight excluding hydrogens is 274 g/mol. The van der Waals surface area contributed by atoms with Crippen LogP contribution in [0.25, 0.3) is 0 Å². The number of nitrogens with one attached hydrogen (secondary N) is 1. The van der Waals surface area contributed by atoms with Crippen molar-refractivity contribution in [1.82, 2.24) is 4.98 Å². The van der Waals surface area contributed by atoms with Gasteiger partial charge >= 0.3 is 0 Å². The van der Waals surface area contributed by atoms with Gasteiger partial charge < -0.3 is 10.1 Å². The number of aromatic nitrogens is 1. The lowest BCUT2D eigenvalue weighted by Crippen LogP contribution is -2.08. The molecular formula is C15H14ClN3O. The van der Waals surface area contributed by atoms with Gasteiger partial charge in [0.15, 0.2) is 0 Å². The van der Waals surface area contributed by atoms with Gasteiger partial charge in [0.05, 0.1) is 18.7 Å². The van der Waals surface area contributed by atoms with Crippen molar-refractivity contribution in [2.24, 2.45) is 0 Å². The zero-order valence-electron chi connectivity index (χ0n) is 11.2. The van der Waals surface area contributed by atoms with Crippen LogP contribution < -0.4 is 10.1 Å². The van der Waals surface area contributed by atoms with Crippen LogP contribution in [0.5, 0.6) is 5.75 Å². The van der Waals surface area contributed by atoms with Crippen molar-refractivity contribution in [2.45, 2.75) is 13.0 Å². The summed E-state index contributed by atoms with van der Waals surface area (Å²) in [5.74, 6) is 1.39. The summed E-state index contributed by atoms with van der Waals surface area (Å²) in [6.45, 7) is 2.01. The van der Waals surface area contributed by atoms with E-state index in [2.05, 4.69) is 16.4 Å². The number of halogens is 1. The van der Waals surface area contributed by atoms with Crippen LogP contribution >= 0.6 is 11.6 Å². The summed E-state index contributed by atoms with van der Waals surface area (Å²) in [4.78, 5) is 4.16. The van der Waals surface area contributed by atoms with Gasteiger partial charge in [-0.15, -0.1) is 0 Å². The Hall–Kier alpha value is -2.25. The maximum atomic E-state index is 8.92. The van der Waals surface area contributed by atoms with E-state index in [0.29, 0.717) is 16.5 Å². The van der Waals surface area contributed by atoms with E-state index in [1.54, 1.807) is 13.2 Å². The maximum Gasteiger partial charge on any atom is 0.132 e. The van der Waals surface area contributed by atoms with Crippen molar-refractivity contribution < 1.29 is 4.74 Å². The van der Waals surface area contributed by atoms with Crippen LogP contribution in [0, 0.1) is 11.3 Å². The largest absolute Gasteiger partial charge is 0.497 e. The summed E-state index contributed by atoms with van der Waals surface area (Å²) in [6.07, 6.45) is 0. The molecule has 2 aromatic rings. The van der Waals surface area contributed by atoms with Crippen LogP contribution in [0.15, 0.2) is 36.4 Å². The molecule has 1 atom stereocenters. The molecule has 1 heterocycles. The summed E-state index contributed by atoms with van der Waals surface area (Å²) in [7, 11) is 1.63. The average Bonchev–Trinajstić information content (AvgIpc) is 2.46. The molecule has 0 saturated carbocycles. The number of pyridine rings is 1. The van der Waals surface area contributed by atoms with Crippen LogP contribution in [0.3, 0.4) is 0 Å². The fourth-order valence-corrected chi connectivity index (χ4v) is 2.04. The zero-order chi connectivity index (χ0) is 14.5. The minimum atomic E-state index is 0.0402. The van der Waals surface area contributed by atoms with E-state index < -0.39 is 0 Å². The zero-order valence-corrected chi connectivity index (χ0v) is 12.0. The molecule has 1 unspecified atom stereocenters. The van der Waals surface area contributed by atoms with Gasteiger partial charge in [0.2, 0.25) is 0 Å². The summed E-state index contributed by atoms with van der Waals surface area (Å²) < 4.78 is 5.13. The highest BCUT2D eigenvalue weighted by Gasteiger charge is 2.08. The van der Waals surface area contributed by atoms with Gasteiger partial charge in [-0.2, -0.15) is 5.26 Å². The first-order chi connectivity index (χ1) is 9.62. The van der Waals surface area contributed by atoms with E-state index in [4.69, 9.17) is 21.6 Å². The number of benzene rings is 1. The van der Waals surface area contributed by atoms with E-state index in [9.17, 15) is 0 Å². The average molecular weight is 288 g/mol. The predicted molar refractivity (Wildman–Crippen MR) is 79.0 cm³/mol. The molecule has 5 heteroatoms. The van der Waals surface area contributed by atoms with E-state index in [0.717, 1.165) is 11.3 Å². The third-order valence-corrected chi connectivity index (χ3v) is 3.10. The molecule has 0 radical (unpaired) electrons. The van der Waals surface area contributed by atoms with Crippen molar-refractivity contribution in [2.75, 3.05) is 12.4 Å². The molecule has 0 bridgehead atoms. The Kier molecular flexibility index (Phi) is 4.44. The highest BCUT2D eigenvalue weighted by Crippen LogP contribution is 2.22. The van der Waals surface area contributed by atoms with E-state index in [1.165, 1.54) is 6.07 Å². The van der Waals surface area contributed by atoms with Gasteiger partial charge in [0, 0.05) is 6.04 Å². The summed E-state index contributed by atoms with van der Waals surface area (Å²) in [5.41, 5.74) is 1.57. The van der Waals surface area contributed by atoms with Gasteiger partial charge in [-0.3, -0.25) is 0 Å². The molecule has 0 aliphatic heterocycles. The van der Waals surface area contributed by atoms with Crippen molar-refractivity contribution in [3.05, 3.63) is 52.7 Å². The minimum Gasteiger partial charge on any atom is -0.497 e. The molecule has 0 aliphatic carbocycles. The monoisotopic (exact) mass is 287 g/mol. The molecule has 1 N–H and O–H groups in total. The first-order valence-corrected chi connectivity index (χ1v) is 6.48. The van der Waals surface area contributed by atoms with E-state index >= 15 is 0 Å². The van der Waals surface area contributed by atoms with Crippen LogP contribution in [-0.2, 0) is 0 Å². The summed E-state index contributed by atoms with van der Waals surface area (Å²) in [6, 6.07) is 13.1. The van der Waals surface area contributed by atoms with Crippen molar-refractivity contribution in [1.29, 1.82) is 5.26 Å². The Balaban J connectivity index is 2.16. The molecule has 20 heavy (non-hydrogen) atoms. The summed E-state index contributed by atoms with van der Waals surface area (Å²) in [5, 5.41) is 12.4. The minimum absolute atomic E-state index is 0.0402. The molecule has 0 fully saturated rings. The Labute approximate surface area is 123 Å². The predicted octanol–water partition coefficient (Wildman–Crippen LogP) is 3.79. The van der Waals surface area contributed by atoms with Gasteiger partial charge in [-0.1, -0.05) is 23.7 Å².